The van der Waals surface area contributed by atoms with Gasteiger partial charge in [0.1, 0.15) is 6.04 Å². The van der Waals surface area contributed by atoms with Gasteiger partial charge in [0.15, 0.2) is 0 Å². The highest BCUT2D eigenvalue weighted by Crippen LogP contribution is 2.09. The van der Waals surface area contributed by atoms with Gasteiger partial charge in [0.25, 0.3) is 0 Å². The number of carboxylic acids is 2. The van der Waals surface area contributed by atoms with E-state index < -0.39 is 18.0 Å². The van der Waals surface area contributed by atoms with Gasteiger partial charge in [-0.05, 0) is 37.0 Å². The molecule has 1 atom stereocenters. The molecule has 1 amide bonds. The third kappa shape index (κ3) is 8.39. The normalized spacial score (nSPS) is 11.7. The largest absolute Gasteiger partial charge is 0.481 e. The lowest BCUT2D eigenvalue weighted by atomic mass is 10.1. The van der Waals surface area contributed by atoms with Gasteiger partial charge in [-0.15, -0.1) is 0 Å². The van der Waals surface area contributed by atoms with Gasteiger partial charge in [0.05, 0.1) is 0 Å². The number of nitrogen functional groups attached to an aromatic ring is 1. The highest BCUT2D eigenvalue weighted by molar-refractivity contribution is 7.96. The molecule has 8 nitrogen and oxygen atoms in total. The van der Waals surface area contributed by atoms with Crippen LogP contribution >= 0.6 is 12.1 Å². The number of anilines is 1. The first kappa shape index (κ1) is 19.8. The molecule has 1 aromatic rings. The van der Waals surface area contributed by atoms with Crippen LogP contribution in [0.15, 0.2) is 24.3 Å². The number of carboxylic acid groups (broad SMARTS) is 2. The third-order valence-corrected chi connectivity index (χ3v) is 3.89. The van der Waals surface area contributed by atoms with Crippen LogP contribution in [0.2, 0.25) is 0 Å². The maximum absolute atomic E-state index is 11.7. The first-order valence-electron chi connectivity index (χ1n) is 7.37. The zero-order valence-electron chi connectivity index (χ0n) is 13.0. The number of carbonyl (C=O) groups excluding carboxylic acids is 1. The number of hydrogen-bond acceptors (Lipinski definition) is 6. The Morgan fingerprint density at radius 1 is 1.12 bits per heavy atom. The van der Waals surface area contributed by atoms with Gasteiger partial charge < -0.3 is 15.9 Å². The quantitative estimate of drug-likeness (QED) is 0.294. The van der Waals surface area contributed by atoms with Crippen molar-refractivity contribution in [3.63, 3.8) is 0 Å². The molecule has 9 heteroatoms. The minimum Gasteiger partial charge on any atom is -0.481 e. The zero-order valence-corrected chi connectivity index (χ0v) is 13.8. The van der Waals surface area contributed by atoms with Crippen molar-refractivity contribution in [2.75, 3.05) is 5.73 Å². The summed E-state index contributed by atoms with van der Waals surface area (Å²) in [6, 6.07) is 6.38. The molecule has 6 N–H and O–H groups in total. The van der Waals surface area contributed by atoms with E-state index >= 15 is 0 Å². The van der Waals surface area contributed by atoms with E-state index in [1.165, 1.54) is 0 Å². The molecule has 0 aromatic heterocycles. The topological polar surface area (TPSA) is 142 Å². The molecule has 1 unspecified atom stereocenters. The van der Waals surface area contributed by atoms with Crippen LogP contribution in [-0.4, -0.2) is 34.1 Å². The second kappa shape index (κ2) is 10.5. The Labute approximate surface area is 144 Å². The van der Waals surface area contributed by atoms with Crippen LogP contribution in [0.5, 0.6) is 0 Å². The summed E-state index contributed by atoms with van der Waals surface area (Å²) in [7, 11) is 0. The first-order chi connectivity index (χ1) is 11.4. The van der Waals surface area contributed by atoms with E-state index in [1.807, 2.05) is 12.1 Å². The van der Waals surface area contributed by atoms with Crippen molar-refractivity contribution >= 4 is 35.7 Å². The van der Waals surface area contributed by atoms with Crippen LogP contribution in [0.4, 0.5) is 5.69 Å². The van der Waals surface area contributed by atoms with E-state index in [4.69, 9.17) is 15.9 Å². The molecule has 0 spiro atoms. The van der Waals surface area contributed by atoms with Crippen LogP contribution in [0, 0.1) is 0 Å². The molecule has 0 fully saturated rings. The molecular formula is C15H21N3O5S. The van der Waals surface area contributed by atoms with E-state index in [-0.39, 0.29) is 18.7 Å². The summed E-state index contributed by atoms with van der Waals surface area (Å²) in [5.41, 5.74) is 7.37. The lowest BCUT2D eigenvalue weighted by Crippen LogP contribution is -2.35. The number of rotatable bonds is 11. The van der Waals surface area contributed by atoms with E-state index in [0.717, 1.165) is 24.1 Å². The molecule has 0 bridgehead atoms. The van der Waals surface area contributed by atoms with E-state index in [0.29, 0.717) is 18.5 Å². The molecule has 24 heavy (non-hydrogen) atoms. The number of nitrogens with one attached hydrogen (secondary N) is 2. The van der Waals surface area contributed by atoms with Crippen LogP contribution in [0.3, 0.4) is 0 Å². The van der Waals surface area contributed by atoms with Crippen molar-refractivity contribution in [1.29, 1.82) is 0 Å². The summed E-state index contributed by atoms with van der Waals surface area (Å²) in [6.45, 7) is 0. The van der Waals surface area contributed by atoms with E-state index in [9.17, 15) is 14.4 Å². The lowest BCUT2D eigenvalue weighted by Gasteiger charge is -2.12. The monoisotopic (exact) mass is 355 g/mol. The van der Waals surface area contributed by atoms with Gasteiger partial charge in [-0.25, -0.2) is 4.72 Å². The number of amides is 1. The second-order valence-corrected chi connectivity index (χ2v) is 5.81. The van der Waals surface area contributed by atoms with Crippen molar-refractivity contribution in [2.45, 2.75) is 38.1 Å². The summed E-state index contributed by atoms with van der Waals surface area (Å²) in [5.74, 6) is -2.47. The Morgan fingerprint density at radius 2 is 1.79 bits per heavy atom. The molecule has 0 aliphatic heterocycles. The summed E-state index contributed by atoms with van der Waals surface area (Å²) < 4.78 is 5.01. The zero-order chi connectivity index (χ0) is 17.9. The molecule has 0 saturated carbocycles. The summed E-state index contributed by atoms with van der Waals surface area (Å²) in [5, 5.41) is 17.5. The Hall–Kier alpha value is -2.26. The van der Waals surface area contributed by atoms with Crippen molar-refractivity contribution in [3.05, 3.63) is 29.8 Å². The molecule has 0 radical (unpaired) electrons. The number of benzene rings is 1. The summed E-state index contributed by atoms with van der Waals surface area (Å²) in [4.78, 5) is 33.1. The minimum atomic E-state index is -1.17. The van der Waals surface area contributed by atoms with Gasteiger partial charge in [0.2, 0.25) is 5.91 Å². The molecule has 0 heterocycles. The third-order valence-electron chi connectivity index (χ3n) is 3.16. The Bertz CT molecular complexity index is 565. The molecule has 132 valence electrons. The Morgan fingerprint density at radius 3 is 2.38 bits per heavy atom. The molecular weight excluding hydrogens is 334 g/mol. The van der Waals surface area contributed by atoms with Crippen LogP contribution in [-0.2, 0) is 20.8 Å². The van der Waals surface area contributed by atoms with Gasteiger partial charge in [-0.2, -0.15) is 0 Å². The predicted molar refractivity (Wildman–Crippen MR) is 91.0 cm³/mol. The van der Waals surface area contributed by atoms with Gasteiger partial charge in [-0.3, -0.25) is 19.1 Å². The van der Waals surface area contributed by atoms with Crippen molar-refractivity contribution in [1.82, 2.24) is 9.44 Å². The SMILES string of the molecule is Nc1ccc(CCCC(=O)NSNC(CCC(=O)O)C(=O)O)cc1. The number of aliphatic carboxylic acids is 2. The summed E-state index contributed by atoms with van der Waals surface area (Å²) in [6.07, 6.45) is 1.36. The molecule has 0 aliphatic carbocycles. The van der Waals surface area contributed by atoms with Gasteiger partial charge in [-0.1, -0.05) is 12.1 Å². The van der Waals surface area contributed by atoms with Crippen LogP contribution in [0.1, 0.15) is 31.2 Å². The highest BCUT2D eigenvalue weighted by Gasteiger charge is 2.18. The smallest absolute Gasteiger partial charge is 0.321 e. The minimum absolute atomic E-state index is 0.0648. The van der Waals surface area contributed by atoms with Gasteiger partial charge in [0, 0.05) is 30.7 Å². The molecule has 0 saturated heterocycles. The highest BCUT2D eigenvalue weighted by atomic mass is 32.2. The van der Waals surface area contributed by atoms with Gasteiger partial charge >= 0.3 is 11.9 Å². The standard InChI is InChI=1S/C15H21N3O5S/c16-11-6-4-10(5-7-11)2-1-3-13(19)18-24-17-12(15(22)23)8-9-14(20)21/h4-7,12,17H,1-3,8-9,16H2,(H,18,19)(H,20,21)(H,22,23). The maximum Gasteiger partial charge on any atom is 0.321 e. The number of aryl methyl sites for hydroxylation is 1. The second-order valence-electron chi connectivity index (χ2n) is 5.16. The van der Waals surface area contributed by atoms with Crippen molar-refractivity contribution in [2.24, 2.45) is 0 Å². The fourth-order valence-corrected chi connectivity index (χ4v) is 2.48. The van der Waals surface area contributed by atoms with Crippen LogP contribution < -0.4 is 15.2 Å². The van der Waals surface area contributed by atoms with E-state index in [2.05, 4.69) is 9.44 Å². The molecule has 0 aliphatic rings. The average molecular weight is 355 g/mol. The Balaban J connectivity index is 2.21. The van der Waals surface area contributed by atoms with Crippen molar-refractivity contribution in [3.8, 4) is 0 Å². The fourth-order valence-electron chi connectivity index (χ4n) is 1.85. The number of carbonyl (C=O) groups is 3. The van der Waals surface area contributed by atoms with Crippen molar-refractivity contribution < 1.29 is 24.6 Å². The Kier molecular flexibility index (Phi) is 8.66. The number of nitrogens with two attached hydrogens (primary N) is 1. The average Bonchev–Trinajstić information content (AvgIpc) is 2.52. The lowest BCUT2D eigenvalue weighted by molar-refractivity contribution is -0.140. The molecule has 1 aromatic carbocycles. The first-order valence-corrected chi connectivity index (χ1v) is 8.19. The maximum atomic E-state index is 11.7. The van der Waals surface area contributed by atoms with E-state index in [1.54, 1.807) is 12.1 Å². The fraction of sp³-hybridized carbons (Fsp3) is 0.400. The molecule has 1 rings (SSSR count). The predicted octanol–water partition coefficient (Wildman–Crippen LogP) is 1.18. The summed E-state index contributed by atoms with van der Waals surface area (Å²) >= 11 is 0.758. The number of hydrogen-bond donors (Lipinski definition) is 5. The van der Waals surface area contributed by atoms with Crippen LogP contribution in [0.25, 0.3) is 0 Å².